The molecule has 0 amide bonds. The van der Waals surface area contributed by atoms with Crippen LogP contribution < -0.4 is 9.47 Å². The van der Waals surface area contributed by atoms with E-state index in [1.165, 1.54) is 14.2 Å². The molecule has 4 rings (SSSR count). The lowest BCUT2D eigenvalue weighted by Gasteiger charge is -2.30. The summed E-state index contributed by atoms with van der Waals surface area (Å²) in [5.74, 6) is -0.492. The largest absolute Gasteiger partial charge is 0.466 e. The summed E-state index contributed by atoms with van der Waals surface area (Å²) in [6, 6.07) is 9.29. The van der Waals surface area contributed by atoms with Crippen molar-refractivity contribution in [1.29, 1.82) is 0 Å². The first-order valence-corrected chi connectivity index (χ1v) is 9.76. The van der Waals surface area contributed by atoms with Gasteiger partial charge in [0.2, 0.25) is 6.79 Å². The minimum atomic E-state index is -0.649. The molecule has 7 nitrogen and oxygen atoms in total. The van der Waals surface area contributed by atoms with E-state index in [2.05, 4.69) is 0 Å². The second kappa shape index (κ2) is 8.00. The summed E-state index contributed by atoms with van der Waals surface area (Å²) in [5, 5.41) is 1.98. The highest BCUT2D eigenvalue weighted by atomic mass is 32.1. The number of benzene rings is 1. The van der Waals surface area contributed by atoms with Gasteiger partial charge in [-0.05, 0) is 29.1 Å². The first-order chi connectivity index (χ1) is 14.1. The standard InChI is InChI=1S/C21H19NO6S/c1-25-20(23)15-10-22(9-14-4-3-7-29-14)11-16(21(24)26-2)19(15)13-5-6-17-18(8-13)28-12-27-17/h3-8,10-11,19H,9,12H2,1-2H3. The van der Waals surface area contributed by atoms with Gasteiger partial charge in [-0.15, -0.1) is 11.3 Å². The van der Waals surface area contributed by atoms with Crippen LogP contribution in [0.25, 0.3) is 0 Å². The number of esters is 2. The van der Waals surface area contributed by atoms with Crippen LogP contribution in [-0.4, -0.2) is 37.9 Å². The molecule has 0 atom stereocenters. The lowest BCUT2D eigenvalue weighted by Crippen LogP contribution is -2.28. The Balaban J connectivity index is 1.78. The van der Waals surface area contributed by atoms with E-state index in [4.69, 9.17) is 18.9 Å². The highest BCUT2D eigenvalue weighted by Crippen LogP contribution is 2.41. The summed E-state index contributed by atoms with van der Waals surface area (Å²) in [6.45, 7) is 0.657. The van der Waals surface area contributed by atoms with Gasteiger partial charge < -0.3 is 23.8 Å². The van der Waals surface area contributed by atoms with Crippen molar-refractivity contribution in [2.24, 2.45) is 0 Å². The molecule has 0 radical (unpaired) electrons. The molecule has 3 heterocycles. The van der Waals surface area contributed by atoms with Gasteiger partial charge in [-0.2, -0.15) is 0 Å². The Kier molecular flexibility index (Phi) is 5.26. The molecule has 0 spiro atoms. The third-order valence-corrected chi connectivity index (χ3v) is 5.58. The zero-order valence-electron chi connectivity index (χ0n) is 15.9. The molecule has 0 bridgehead atoms. The van der Waals surface area contributed by atoms with Gasteiger partial charge in [-0.25, -0.2) is 9.59 Å². The van der Waals surface area contributed by atoms with Crippen LogP contribution >= 0.6 is 11.3 Å². The average Bonchev–Trinajstić information content (AvgIpc) is 3.43. The number of nitrogens with zero attached hydrogens (tertiary/aromatic N) is 1. The summed E-state index contributed by atoms with van der Waals surface area (Å²) in [4.78, 5) is 28.2. The van der Waals surface area contributed by atoms with Crippen LogP contribution in [0, 0.1) is 0 Å². The van der Waals surface area contributed by atoms with Crippen molar-refractivity contribution in [3.8, 4) is 11.5 Å². The van der Waals surface area contributed by atoms with Gasteiger partial charge in [0.05, 0.1) is 37.8 Å². The molecule has 0 fully saturated rings. The molecule has 0 unspecified atom stereocenters. The highest BCUT2D eigenvalue weighted by Gasteiger charge is 2.36. The molecule has 29 heavy (non-hydrogen) atoms. The molecule has 1 aromatic heterocycles. The van der Waals surface area contributed by atoms with Gasteiger partial charge in [0.25, 0.3) is 0 Å². The van der Waals surface area contributed by atoms with Crippen molar-refractivity contribution in [3.63, 3.8) is 0 Å². The van der Waals surface area contributed by atoms with E-state index < -0.39 is 17.9 Å². The Labute approximate surface area is 171 Å². The van der Waals surface area contributed by atoms with Gasteiger partial charge in [0.15, 0.2) is 11.5 Å². The number of hydrogen-bond acceptors (Lipinski definition) is 8. The first kappa shape index (κ1) is 19.1. The van der Waals surface area contributed by atoms with Crippen molar-refractivity contribution >= 4 is 23.3 Å². The molecule has 0 N–H and O–H groups in total. The summed E-state index contributed by atoms with van der Waals surface area (Å²) in [6.07, 6.45) is 3.43. The molecule has 1 aromatic carbocycles. The molecule has 0 aliphatic carbocycles. The van der Waals surface area contributed by atoms with Gasteiger partial charge >= 0.3 is 11.9 Å². The van der Waals surface area contributed by atoms with E-state index in [9.17, 15) is 9.59 Å². The van der Waals surface area contributed by atoms with Crippen LogP contribution in [-0.2, 0) is 25.6 Å². The van der Waals surface area contributed by atoms with Gasteiger partial charge in [0, 0.05) is 17.3 Å². The molecule has 0 saturated heterocycles. The Morgan fingerprint density at radius 2 is 1.76 bits per heavy atom. The third kappa shape index (κ3) is 3.71. The smallest absolute Gasteiger partial charge is 0.336 e. The predicted molar refractivity (Wildman–Crippen MR) is 105 cm³/mol. The fourth-order valence-corrected chi connectivity index (χ4v) is 4.13. The Bertz CT molecular complexity index is 961. The molecule has 2 aliphatic heterocycles. The van der Waals surface area contributed by atoms with E-state index in [-0.39, 0.29) is 6.79 Å². The fraction of sp³-hybridized carbons (Fsp3) is 0.238. The van der Waals surface area contributed by atoms with Crippen molar-refractivity contribution in [1.82, 2.24) is 4.90 Å². The third-order valence-electron chi connectivity index (χ3n) is 4.72. The minimum absolute atomic E-state index is 0.136. The molecule has 150 valence electrons. The van der Waals surface area contributed by atoms with Gasteiger partial charge in [0.1, 0.15) is 0 Å². The van der Waals surface area contributed by atoms with Crippen molar-refractivity contribution in [3.05, 3.63) is 69.7 Å². The number of hydrogen-bond donors (Lipinski definition) is 0. The normalized spacial score (nSPS) is 15.6. The predicted octanol–water partition coefficient (Wildman–Crippen LogP) is 3.19. The topological polar surface area (TPSA) is 74.3 Å². The lowest BCUT2D eigenvalue weighted by molar-refractivity contribution is -0.137. The summed E-state index contributed by atoms with van der Waals surface area (Å²) < 4.78 is 20.9. The number of rotatable bonds is 5. The minimum Gasteiger partial charge on any atom is -0.466 e. The van der Waals surface area contributed by atoms with E-state index in [0.29, 0.717) is 34.8 Å². The number of methoxy groups -OCH3 is 2. The van der Waals surface area contributed by atoms with Crippen LogP contribution in [0.15, 0.2) is 59.3 Å². The quantitative estimate of drug-likeness (QED) is 0.697. The maximum atomic E-state index is 12.6. The molecule has 2 aromatic rings. The van der Waals surface area contributed by atoms with E-state index in [0.717, 1.165) is 4.88 Å². The zero-order chi connectivity index (χ0) is 20.4. The van der Waals surface area contributed by atoms with Gasteiger partial charge in [-0.3, -0.25) is 0 Å². The molecular weight excluding hydrogens is 394 g/mol. The SMILES string of the molecule is COC(=O)C1=CN(Cc2cccs2)C=C(C(=O)OC)C1c1ccc2c(c1)OCO2. The summed E-state index contributed by atoms with van der Waals surface area (Å²) in [7, 11) is 2.64. The number of fused-ring (bicyclic) bond motifs is 1. The molecular formula is C21H19NO6S. The fourth-order valence-electron chi connectivity index (χ4n) is 3.41. The van der Waals surface area contributed by atoms with E-state index >= 15 is 0 Å². The van der Waals surface area contributed by atoms with Gasteiger partial charge in [-0.1, -0.05) is 12.1 Å². The summed E-state index contributed by atoms with van der Waals surface area (Å²) in [5.41, 5.74) is 1.38. The molecule has 8 heteroatoms. The second-order valence-electron chi connectivity index (χ2n) is 6.45. The maximum absolute atomic E-state index is 12.6. The average molecular weight is 413 g/mol. The molecule has 2 aliphatic rings. The second-order valence-corrected chi connectivity index (χ2v) is 7.48. The van der Waals surface area contributed by atoms with Crippen LogP contribution in [0.1, 0.15) is 16.4 Å². The Hall–Kier alpha value is -3.26. The first-order valence-electron chi connectivity index (χ1n) is 8.88. The highest BCUT2D eigenvalue weighted by molar-refractivity contribution is 7.09. The Morgan fingerprint density at radius 1 is 1.07 bits per heavy atom. The van der Waals surface area contributed by atoms with Crippen molar-refractivity contribution < 1.29 is 28.5 Å². The monoisotopic (exact) mass is 413 g/mol. The van der Waals surface area contributed by atoms with Crippen LogP contribution in [0.3, 0.4) is 0 Å². The van der Waals surface area contributed by atoms with Crippen LogP contribution in [0.2, 0.25) is 0 Å². The Morgan fingerprint density at radius 3 is 2.38 bits per heavy atom. The summed E-state index contributed by atoms with van der Waals surface area (Å²) >= 11 is 1.60. The van der Waals surface area contributed by atoms with E-state index in [1.54, 1.807) is 46.8 Å². The van der Waals surface area contributed by atoms with E-state index in [1.807, 2.05) is 17.5 Å². The van der Waals surface area contributed by atoms with Crippen LogP contribution in [0.5, 0.6) is 11.5 Å². The lowest BCUT2D eigenvalue weighted by atomic mass is 9.83. The number of ether oxygens (including phenoxy) is 4. The maximum Gasteiger partial charge on any atom is 0.336 e. The zero-order valence-corrected chi connectivity index (χ0v) is 16.7. The number of carbonyl (C=O) groups is 2. The number of thiophene rings is 1. The molecule has 0 saturated carbocycles. The number of carbonyl (C=O) groups excluding carboxylic acids is 2. The van der Waals surface area contributed by atoms with Crippen molar-refractivity contribution in [2.75, 3.05) is 21.0 Å². The van der Waals surface area contributed by atoms with Crippen LogP contribution in [0.4, 0.5) is 0 Å². The van der Waals surface area contributed by atoms with Crippen molar-refractivity contribution in [2.45, 2.75) is 12.5 Å².